The van der Waals surface area contributed by atoms with E-state index in [1.807, 2.05) is 6.07 Å². The largest absolute Gasteiger partial charge is 0.465 e. The van der Waals surface area contributed by atoms with E-state index in [0.29, 0.717) is 34.5 Å². The number of esters is 1. The normalized spacial score (nSPS) is 16.3. The molecule has 2 N–H and O–H groups in total. The van der Waals surface area contributed by atoms with Crippen molar-refractivity contribution in [1.82, 2.24) is 25.7 Å². The molecule has 0 spiro atoms. The number of halogens is 1. The molecular formula is C17H18ClN5O3. The van der Waals surface area contributed by atoms with Gasteiger partial charge in [0.1, 0.15) is 0 Å². The Kier molecular flexibility index (Phi) is 5.34. The summed E-state index contributed by atoms with van der Waals surface area (Å²) in [5.74, 6) is 0.757. The summed E-state index contributed by atoms with van der Waals surface area (Å²) in [6.45, 7) is 1.96. The van der Waals surface area contributed by atoms with Crippen LogP contribution in [-0.4, -0.2) is 46.5 Å². The molecule has 4 rings (SSSR count). The number of aromatic amines is 1. The maximum Gasteiger partial charge on any atom is 0.337 e. The number of nitrogens with zero attached hydrogens (tertiary/aromatic N) is 3. The van der Waals surface area contributed by atoms with E-state index in [0.717, 1.165) is 25.2 Å². The van der Waals surface area contributed by atoms with E-state index >= 15 is 0 Å². The third kappa shape index (κ3) is 3.47. The summed E-state index contributed by atoms with van der Waals surface area (Å²) in [6, 6.07) is 8.84. The van der Waals surface area contributed by atoms with Crippen LogP contribution in [-0.2, 0) is 4.74 Å². The number of carbonyl (C=O) groups is 1. The van der Waals surface area contributed by atoms with Crippen molar-refractivity contribution in [2.24, 2.45) is 0 Å². The molecule has 1 aromatic carbocycles. The Morgan fingerprint density at radius 2 is 2.23 bits per heavy atom. The molecule has 0 radical (unpaired) electrons. The predicted octanol–water partition coefficient (Wildman–Crippen LogP) is 2.41. The van der Waals surface area contributed by atoms with Gasteiger partial charge < -0.3 is 14.6 Å². The number of benzene rings is 1. The molecule has 1 saturated heterocycles. The molecule has 136 valence electrons. The Labute approximate surface area is 155 Å². The summed E-state index contributed by atoms with van der Waals surface area (Å²) in [7, 11) is 1.34. The van der Waals surface area contributed by atoms with Gasteiger partial charge in [-0.25, -0.2) is 4.79 Å². The molecular weight excluding hydrogens is 358 g/mol. The molecule has 9 heteroatoms. The summed E-state index contributed by atoms with van der Waals surface area (Å²) in [6.07, 6.45) is 1.08. The highest BCUT2D eigenvalue weighted by molar-refractivity contribution is 5.90. The first-order valence-corrected chi connectivity index (χ1v) is 8.03. The van der Waals surface area contributed by atoms with Gasteiger partial charge in [0.25, 0.3) is 5.89 Å². The van der Waals surface area contributed by atoms with Crippen LogP contribution in [0, 0.1) is 0 Å². The first kappa shape index (κ1) is 18.1. The second-order valence-electron chi connectivity index (χ2n) is 5.89. The van der Waals surface area contributed by atoms with Crippen LogP contribution in [0.1, 0.15) is 28.4 Å². The van der Waals surface area contributed by atoms with E-state index in [1.165, 1.54) is 7.11 Å². The summed E-state index contributed by atoms with van der Waals surface area (Å²) in [5, 5.41) is 14.6. The van der Waals surface area contributed by atoms with Crippen molar-refractivity contribution in [3.8, 4) is 23.0 Å². The molecule has 2 aromatic heterocycles. The van der Waals surface area contributed by atoms with Crippen LogP contribution in [0.5, 0.6) is 0 Å². The average Bonchev–Trinajstić information content (AvgIpc) is 3.41. The van der Waals surface area contributed by atoms with E-state index in [2.05, 4.69) is 25.7 Å². The van der Waals surface area contributed by atoms with Gasteiger partial charge in [-0.05, 0) is 31.2 Å². The number of ether oxygens (including phenoxy) is 1. The van der Waals surface area contributed by atoms with Crippen LogP contribution in [0.15, 0.2) is 34.9 Å². The van der Waals surface area contributed by atoms with Gasteiger partial charge in [-0.2, -0.15) is 10.1 Å². The van der Waals surface area contributed by atoms with Crippen LogP contribution < -0.4 is 5.32 Å². The molecule has 8 nitrogen and oxygen atoms in total. The third-order valence-corrected chi connectivity index (χ3v) is 4.28. The predicted molar refractivity (Wildman–Crippen MR) is 96.1 cm³/mol. The van der Waals surface area contributed by atoms with E-state index in [-0.39, 0.29) is 12.4 Å². The van der Waals surface area contributed by atoms with Crippen molar-refractivity contribution in [3.63, 3.8) is 0 Å². The maximum atomic E-state index is 11.6. The molecule has 1 atom stereocenters. The Hall–Kier alpha value is -2.71. The first-order chi connectivity index (χ1) is 12.2. The standard InChI is InChI=1S/C17H17N5O3.ClH/c1-24-17(23)11-4-2-3-10(7-11)15-19-16(25-22-15)14-8-13(20-21-14)12-5-6-18-9-12;/h2-4,7-8,12,18H,5-6,9H2,1H3,(H,20,21);1H. The fourth-order valence-electron chi connectivity index (χ4n) is 2.92. The van der Waals surface area contributed by atoms with Gasteiger partial charge in [-0.1, -0.05) is 17.3 Å². The van der Waals surface area contributed by atoms with E-state index < -0.39 is 5.97 Å². The molecule has 1 unspecified atom stereocenters. The van der Waals surface area contributed by atoms with E-state index in [9.17, 15) is 4.79 Å². The van der Waals surface area contributed by atoms with Gasteiger partial charge in [-0.3, -0.25) is 5.10 Å². The lowest BCUT2D eigenvalue weighted by molar-refractivity contribution is 0.0601. The van der Waals surface area contributed by atoms with Crippen LogP contribution in [0.2, 0.25) is 0 Å². The molecule has 26 heavy (non-hydrogen) atoms. The fraction of sp³-hybridized carbons (Fsp3) is 0.294. The van der Waals surface area contributed by atoms with Crippen molar-refractivity contribution in [2.45, 2.75) is 12.3 Å². The Morgan fingerprint density at radius 3 is 3.00 bits per heavy atom. The lowest BCUT2D eigenvalue weighted by Crippen LogP contribution is -2.08. The minimum absolute atomic E-state index is 0. The zero-order valence-electron chi connectivity index (χ0n) is 14.1. The lowest BCUT2D eigenvalue weighted by atomic mass is 10.1. The topological polar surface area (TPSA) is 106 Å². The van der Waals surface area contributed by atoms with E-state index in [4.69, 9.17) is 9.26 Å². The van der Waals surface area contributed by atoms with Crippen molar-refractivity contribution in [3.05, 3.63) is 41.6 Å². The molecule has 0 amide bonds. The second-order valence-corrected chi connectivity index (χ2v) is 5.89. The third-order valence-electron chi connectivity index (χ3n) is 4.28. The summed E-state index contributed by atoms with van der Waals surface area (Å²) < 4.78 is 10.1. The van der Waals surface area contributed by atoms with E-state index in [1.54, 1.807) is 24.3 Å². The number of rotatable bonds is 4. The van der Waals surface area contributed by atoms with Gasteiger partial charge >= 0.3 is 5.97 Å². The van der Waals surface area contributed by atoms with Crippen molar-refractivity contribution in [1.29, 1.82) is 0 Å². The molecule has 1 fully saturated rings. The Balaban J connectivity index is 0.00000196. The molecule has 1 aliphatic rings. The number of carbonyl (C=O) groups excluding carboxylic acids is 1. The highest BCUT2D eigenvalue weighted by Gasteiger charge is 2.21. The highest BCUT2D eigenvalue weighted by atomic mass is 35.5. The van der Waals surface area contributed by atoms with Gasteiger partial charge in [-0.15, -0.1) is 12.4 Å². The molecule has 3 aromatic rings. The minimum atomic E-state index is -0.410. The number of nitrogens with one attached hydrogen (secondary N) is 2. The summed E-state index contributed by atoms with van der Waals surface area (Å²) >= 11 is 0. The van der Waals surface area contributed by atoms with Gasteiger partial charge in [0.15, 0.2) is 5.69 Å². The first-order valence-electron chi connectivity index (χ1n) is 8.03. The zero-order chi connectivity index (χ0) is 17.2. The maximum absolute atomic E-state index is 11.6. The smallest absolute Gasteiger partial charge is 0.337 e. The highest BCUT2D eigenvalue weighted by Crippen LogP contribution is 2.26. The summed E-state index contributed by atoms with van der Waals surface area (Å²) in [4.78, 5) is 16.0. The minimum Gasteiger partial charge on any atom is -0.465 e. The number of hydrogen-bond acceptors (Lipinski definition) is 7. The van der Waals surface area contributed by atoms with Gasteiger partial charge in [0.2, 0.25) is 5.82 Å². The molecule has 3 heterocycles. The zero-order valence-corrected chi connectivity index (χ0v) is 14.9. The molecule has 1 aliphatic heterocycles. The van der Waals surface area contributed by atoms with Crippen molar-refractivity contribution < 1.29 is 14.1 Å². The average molecular weight is 376 g/mol. The SMILES string of the molecule is COC(=O)c1cccc(-c2noc(-c3cc(C4CCNC4)[nH]n3)n2)c1.Cl. The number of aromatic nitrogens is 4. The number of H-pyrrole nitrogens is 1. The fourth-order valence-corrected chi connectivity index (χ4v) is 2.92. The molecule has 0 saturated carbocycles. The number of hydrogen-bond donors (Lipinski definition) is 2. The quantitative estimate of drug-likeness (QED) is 0.674. The van der Waals surface area contributed by atoms with Crippen LogP contribution in [0.4, 0.5) is 0 Å². The Morgan fingerprint density at radius 1 is 1.35 bits per heavy atom. The van der Waals surface area contributed by atoms with Crippen LogP contribution in [0.25, 0.3) is 23.0 Å². The van der Waals surface area contributed by atoms with Gasteiger partial charge in [0.05, 0.1) is 12.7 Å². The Bertz CT molecular complexity index is 901. The number of methoxy groups -OCH3 is 1. The lowest BCUT2D eigenvalue weighted by Gasteiger charge is -2.02. The monoisotopic (exact) mass is 375 g/mol. The van der Waals surface area contributed by atoms with Crippen molar-refractivity contribution >= 4 is 18.4 Å². The van der Waals surface area contributed by atoms with Crippen molar-refractivity contribution in [2.75, 3.05) is 20.2 Å². The summed E-state index contributed by atoms with van der Waals surface area (Å²) in [5.41, 5.74) is 2.79. The molecule has 0 aliphatic carbocycles. The second kappa shape index (κ2) is 7.67. The van der Waals surface area contributed by atoms with Gasteiger partial charge in [0, 0.05) is 23.7 Å². The molecule has 0 bridgehead atoms. The van der Waals surface area contributed by atoms with Crippen LogP contribution >= 0.6 is 12.4 Å². The van der Waals surface area contributed by atoms with Crippen LogP contribution in [0.3, 0.4) is 0 Å².